The number of nitrogens with zero attached hydrogens (tertiary/aromatic N) is 2. The topological polar surface area (TPSA) is 85.5 Å². The Morgan fingerprint density at radius 1 is 1.26 bits per heavy atom. The van der Waals surface area contributed by atoms with Crippen LogP contribution in [0.5, 0.6) is 5.88 Å². The van der Waals surface area contributed by atoms with Gasteiger partial charge < -0.3 is 15.4 Å². The number of carbonyl (C=O) groups is 2. The number of benzene rings is 1. The van der Waals surface area contributed by atoms with E-state index in [4.69, 9.17) is 10.5 Å². The molecule has 2 aromatic rings. The Hall–Kier alpha value is -2.41. The zero-order valence-electron chi connectivity index (χ0n) is 15.2. The van der Waals surface area contributed by atoms with Crippen LogP contribution in [0.3, 0.4) is 0 Å². The minimum atomic E-state index is -0.579. The van der Waals surface area contributed by atoms with E-state index in [0.29, 0.717) is 36.8 Å². The quantitative estimate of drug-likeness (QED) is 0.788. The second-order valence-corrected chi connectivity index (χ2v) is 7.65. The summed E-state index contributed by atoms with van der Waals surface area (Å²) in [5.74, 6) is -0.212. The molecule has 0 unspecified atom stereocenters. The molecular weight excluding hydrogens is 410 g/mol. The summed E-state index contributed by atoms with van der Waals surface area (Å²) >= 11 is 3.27. The van der Waals surface area contributed by atoms with Crippen molar-refractivity contribution in [2.24, 2.45) is 5.73 Å². The lowest BCUT2D eigenvalue weighted by molar-refractivity contribution is -0.132. The van der Waals surface area contributed by atoms with Crippen molar-refractivity contribution in [3.8, 4) is 5.88 Å². The maximum Gasteiger partial charge on any atom is 0.254 e. The molecule has 7 heteroatoms. The van der Waals surface area contributed by atoms with E-state index in [9.17, 15) is 9.59 Å². The predicted octanol–water partition coefficient (Wildman–Crippen LogP) is 2.86. The first-order valence-electron chi connectivity index (χ1n) is 8.87. The molecule has 2 amide bonds. The van der Waals surface area contributed by atoms with E-state index in [1.807, 2.05) is 36.1 Å². The van der Waals surface area contributed by atoms with E-state index in [-0.39, 0.29) is 23.5 Å². The number of ether oxygens (including phenoxy) is 1. The van der Waals surface area contributed by atoms with Gasteiger partial charge in [0.25, 0.3) is 5.91 Å². The largest absolute Gasteiger partial charge is 0.474 e. The molecular formula is C20H22BrN3O3. The lowest BCUT2D eigenvalue weighted by Gasteiger charge is -2.32. The summed E-state index contributed by atoms with van der Waals surface area (Å²) in [4.78, 5) is 30.1. The van der Waals surface area contributed by atoms with Crippen molar-refractivity contribution >= 4 is 27.7 Å². The van der Waals surface area contributed by atoms with Crippen molar-refractivity contribution in [3.63, 3.8) is 0 Å². The maximum absolute atomic E-state index is 12.5. The van der Waals surface area contributed by atoms with Crippen LogP contribution in [0.2, 0.25) is 0 Å². The van der Waals surface area contributed by atoms with Gasteiger partial charge in [-0.15, -0.1) is 0 Å². The lowest BCUT2D eigenvalue weighted by Crippen LogP contribution is -2.42. The zero-order chi connectivity index (χ0) is 19.4. The van der Waals surface area contributed by atoms with E-state index in [1.165, 1.54) is 5.56 Å². The van der Waals surface area contributed by atoms with Gasteiger partial charge >= 0.3 is 0 Å². The van der Waals surface area contributed by atoms with E-state index in [2.05, 4.69) is 20.9 Å². The molecule has 142 valence electrons. The van der Waals surface area contributed by atoms with Gasteiger partial charge in [0.2, 0.25) is 11.8 Å². The molecule has 0 radical (unpaired) electrons. The molecule has 1 aromatic carbocycles. The molecule has 0 saturated carbocycles. The number of hydrogen-bond acceptors (Lipinski definition) is 4. The molecule has 1 fully saturated rings. The number of aryl methyl sites for hydroxylation is 1. The summed E-state index contributed by atoms with van der Waals surface area (Å²) in [6, 6.07) is 9.63. The molecule has 1 saturated heterocycles. The Labute approximate surface area is 166 Å². The molecule has 1 aromatic heterocycles. The van der Waals surface area contributed by atoms with Gasteiger partial charge in [-0.2, -0.15) is 0 Å². The van der Waals surface area contributed by atoms with Crippen LogP contribution in [0.25, 0.3) is 0 Å². The molecule has 0 aliphatic carbocycles. The molecule has 1 aliphatic heterocycles. The summed E-state index contributed by atoms with van der Waals surface area (Å²) in [5, 5.41) is 0. The number of amides is 2. The van der Waals surface area contributed by atoms with Crippen LogP contribution in [0.1, 0.15) is 34.3 Å². The zero-order valence-corrected chi connectivity index (χ0v) is 16.7. The number of nitrogens with two attached hydrogens (primary N) is 1. The summed E-state index contributed by atoms with van der Waals surface area (Å²) in [6.07, 6.45) is 3.26. The van der Waals surface area contributed by atoms with Gasteiger partial charge in [0.05, 0.1) is 6.42 Å². The first-order valence-corrected chi connectivity index (χ1v) is 9.67. The highest BCUT2D eigenvalue weighted by atomic mass is 79.9. The van der Waals surface area contributed by atoms with Gasteiger partial charge in [0.1, 0.15) is 11.7 Å². The standard InChI is InChI=1S/C20H22BrN3O3/c1-13-2-4-14(5-3-13)10-18(25)24-8-6-16(7-9-24)27-20-17(19(22)26)11-15(21)12-23-20/h2-5,11-12,16H,6-10H2,1H3,(H2,22,26). The lowest BCUT2D eigenvalue weighted by atomic mass is 10.1. The fourth-order valence-corrected chi connectivity index (χ4v) is 3.40. The monoisotopic (exact) mass is 431 g/mol. The molecule has 27 heavy (non-hydrogen) atoms. The second-order valence-electron chi connectivity index (χ2n) is 6.73. The number of hydrogen-bond donors (Lipinski definition) is 1. The van der Waals surface area contributed by atoms with Crippen LogP contribution in [0.4, 0.5) is 0 Å². The number of piperidine rings is 1. The van der Waals surface area contributed by atoms with Crippen LogP contribution in [-0.4, -0.2) is 40.9 Å². The highest BCUT2D eigenvalue weighted by Crippen LogP contribution is 2.24. The van der Waals surface area contributed by atoms with Gasteiger partial charge in [0, 0.05) is 36.6 Å². The van der Waals surface area contributed by atoms with E-state index in [1.54, 1.807) is 12.3 Å². The van der Waals surface area contributed by atoms with Crippen molar-refractivity contribution in [2.75, 3.05) is 13.1 Å². The van der Waals surface area contributed by atoms with E-state index in [0.717, 1.165) is 5.56 Å². The molecule has 1 aliphatic rings. The second kappa shape index (κ2) is 8.52. The third kappa shape index (κ3) is 5.07. The highest BCUT2D eigenvalue weighted by molar-refractivity contribution is 9.10. The van der Waals surface area contributed by atoms with Crippen LogP contribution in [0, 0.1) is 6.92 Å². The molecule has 3 rings (SSSR count). The Morgan fingerprint density at radius 3 is 2.56 bits per heavy atom. The van der Waals surface area contributed by atoms with Crippen LogP contribution in [0.15, 0.2) is 41.0 Å². The Balaban J connectivity index is 1.55. The number of halogens is 1. The molecule has 6 nitrogen and oxygen atoms in total. The summed E-state index contributed by atoms with van der Waals surface area (Å²) in [5.41, 5.74) is 7.86. The third-order valence-electron chi connectivity index (χ3n) is 4.63. The fraction of sp³-hybridized carbons (Fsp3) is 0.350. The van der Waals surface area contributed by atoms with Crippen LogP contribution >= 0.6 is 15.9 Å². The number of carbonyl (C=O) groups excluding carboxylic acids is 2. The van der Waals surface area contributed by atoms with E-state index >= 15 is 0 Å². The van der Waals surface area contributed by atoms with Crippen LogP contribution in [-0.2, 0) is 11.2 Å². The SMILES string of the molecule is Cc1ccc(CC(=O)N2CCC(Oc3ncc(Br)cc3C(N)=O)CC2)cc1. The Morgan fingerprint density at radius 2 is 1.93 bits per heavy atom. The average Bonchev–Trinajstić information content (AvgIpc) is 2.65. The van der Waals surface area contributed by atoms with Crippen molar-refractivity contribution < 1.29 is 14.3 Å². The highest BCUT2D eigenvalue weighted by Gasteiger charge is 2.25. The van der Waals surface area contributed by atoms with Gasteiger partial charge in [-0.05, 0) is 34.5 Å². The van der Waals surface area contributed by atoms with Crippen molar-refractivity contribution in [2.45, 2.75) is 32.3 Å². The molecule has 2 N–H and O–H groups in total. The first kappa shape index (κ1) is 19.4. The molecule has 0 spiro atoms. The minimum Gasteiger partial charge on any atom is -0.474 e. The van der Waals surface area contributed by atoms with Crippen LogP contribution < -0.4 is 10.5 Å². The van der Waals surface area contributed by atoms with Crippen molar-refractivity contribution in [1.29, 1.82) is 0 Å². The average molecular weight is 432 g/mol. The molecule has 2 heterocycles. The number of rotatable bonds is 5. The predicted molar refractivity (Wildman–Crippen MR) is 106 cm³/mol. The van der Waals surface area contributed by atoms with Crippen molar-refractivity contribution in [1.82, 2.24) is 9.88 Å². The number of aromatic nitrogens is 1. The number of likely N-dealkylation sites (tertiary alicyclic amines) is 1. The third-order valence-corrected chi connectivity index (χ3v) is 5.07. The normalized spacial score (nSPS) is 14.8. The summed E-state index contributed by atoms with van der Waals surface area (Å²) in [7, 11) is 0. The summed E-state index contributed by atoms with van der Waals surface area (Å²) in [6.45, 7) is 3.27. The van der Waals surface area contributed by atoms with Gasteiger partial charge in [-0.3, -0.25) is 9.59 Å². The fourth-order valence-electron chi connectivity index (χ4n) is 3.07. The summed E-state index contributed by atoms with van der Waals surface area (Å²) < 4.78 is 6.56. The number of pyridine rings is 1. The van der Waals surface area contributed by atoms with Gasteiger partial charge in [-0.25, -0.2) is 4.98 Å². The number of primary amides is 1. The smallest absolute Gasteiger partial charge is 0.254 e. The Bertz CT molecular complexity index is 831. The Kier molecular flexibility index (Phi) is 6.11. The first-order chi connectivity index (χ1) is 12.9. The van der Waals surface area contributed by atoms with Gasteiger partial charge in [0.15, 0.2) is 0 Å². The maximum atomic E-state index is 12.5. The van der Waals surface area contributed by atoms with Gasteiger partial charge in [-0.1, -0.05) is 29.8 Å². The molecule has 0 bridgehead atoms. The minimum absolute atomic E-state index is 0.0970. The molecule has 0 atom stereocenters. The van der Waals surface area contributed by atoms with E-state index < -0.39 is 5.91 Å². The van der Waals surface area contributed by atoms with Crippen molar-refractivity contribution in [3.05, 3.63) is 57.7 Å².